The van der Waals surface area contributed by atoms with Crippen molar-refractivity contribution in [1.82, 2.24) is 0 Å². The van der Waals surface area contributed by atoms with Gasteiger partial charge in [-0.2, -0.15) is 5.26 Å². The summed E-state index contributed by atoms with van der Waals surface area (Å²) in [6, 6.07) is 9.87. The van der Waals surface area contributed by atoms with Gasteiger partial charge in [0.25, 0.3) is 0 Å². The minimum Gasteiger partial charge on any atom is -0.398 e. The Balaban J connectivity index is 2.12. The van der Waals surface area contributed by atoms with E-state index in [0.29, 0.717) is 22.6 Å². The monoisotopic (exact) mass is 264 g/mol. The summed E-state index contributed by atoms with van der Waals surface area (Å²) in [5.74, 6) is 0. The third-order valence-electron chi connectivity index (χ3n) is 3.94. The fourth-order valence-electron chi connectivity index (χ4n) is 2.80. The third kappa shape index (κ3) is 1.94. The average Bonchev–Trinajstić information content (AvgIpc) is 2.58. The smallest absolute Gasteiger partial charge is 0.101 e. The van der Waals surface area contributed by atoms with Crippen molar-refractivity contribution in [2.75, 3.05) is 17.2 Å². The molecule has 0 bridgehead atoms. The maximum absolute atomic E-state index is 9.10. The van der Waals surface area contributed by atoms with E-state index in [4.69, 9.17) is 22.5 Å². The lowest BCUT2D eigenvalue weighted by Crippen LogP contribution is -2.00. The van der Waals surface area contributed by atoms with E-state index < -0.39 is 0 Å². The van der Waals surface area contributed by atoms with Gasteiger partial charge in [-0.3, -0.25) is 0 Å². The molecule has 0 fully saturated rings. The van der Waals surface area contributed by atoms with Crippen LogP contribution in [0.15, 0.2) is 24.3 Å². The predicted octanol–water partition coefficient (Wildman–Crippen LogP) is 1.99. The fourth-order valence-corrected chi connectivity index (χ4v) is 2.80. The first-order valence-electron chi connectivity index (χ1n) is 6.56. The zero-order valence-electron chi connectivity index (χ0n) is 11.1. The van der Waals surface area contributed by atoms with Crippen molar-refractivity contribution >= 4 is 17.1 Å². The molecular weight excluding hydrogens is 248 g/mol. The van der Waals surface area contributed by atoms with E-state index in [0.717, 1.165) is 24.8 Å². The van der Waals surface area contributed by atoms with Crippen molar-refractivity contribution in [2.24, 2.45) is 0 Å². The standard InChI is InChI=1S/C16H16N4/c17-8-13-4-11-3-12-7-16(20)15(19)6-10(12)2-1-9(11)5-14(13)18/h4-7H,1-3,18-20H2. The first-order valence-corrected chi connectivity index (χ1v) is 6.56. The number of nitrogen functional groups attached to an aromatic ring is 3. The second-order valence-corrected chi connectivity index (χ2v) is 5.25. The minimum atomic E-state index is 0.538. The maximum atomic E-state index is 9.10. The van der Waals surface area contributed by atoms with E-state index in [1.165, 1.54) is 16.7 Å². The molecule has 2 aromatic carbocycles. The molecule has 1 aliphatic carbocycles. The Morgan fingerprint density at radius 2 is 1.25 bits per heavy atom. The number of hydrogen-bond donors (Lipinski definition) is 3. The molecule has 1 aliphatic rings. The first-order chi connectivity index (χ1) is 9.58. The molecule has 0 aliphatic heterocycles. The molecule has 0 heterocycles. The zero-order valence-corrected chi connectivity index (χ0v) is 11.1. The molecule has 0 atom stereocenters. The van der Waals surface area contributed by atoms with Crippen molar-refractivity contribution in [3.63, 3.8) is 0 Å². The highest BCUT2D eigenvalue weighted by atomic mass is 14.7. The number of fused-ring (bicyclic) bond motifs is 2. The van der Waals surface area contributed by atoms with Gasteiger partial charge < -0.3 is 17.2 Å². The molecule has 0 saturated heterocycles. The SMILES string of the molecule is N#Cc1cc2c(cc1N)CCc1cc(N)c(N)cc1C2. The number of nitriles is 1. The molecule has 4 heteroatoms. The summed E-state index contributed by atoms with van der Waals surface area (Å²) in [4.78, 5) is 0. The lowest BCUT2D eigenvalue weighted by Gasteiger charge is -2.10. The molecule has 3 rings (SSSR count). The molecule has 0 spiro atoms. The highest BCUT2D eigenvalue weighted by Gasteiger charge is 2.16. The second kappa shape index (κ2) is 4.46. The Hall–Kier alpha value is -2.67. The van der Waals surface area contributed by atoms with Crippen LogP contribution in [0.25, 0.3) is 0 Å². The number of hydrogen-bond acceptors (Lipinski definition) is 4. The van der Waals surface area contributed by atoms with Crippen LogP contribution in [0.3, 0.4) is 0 Å². The molecule has 0 unspecified atom stereocenters. The van der Waals surface area contributed by atoms with Gasteiger partial charge in [0.05, 0.1) is 16.9 Å². The summed E-state index contributed by atoms with van der Waals surface area (Å²) in [6.07, 6.45) is 2.59. The van der Waals surface area contributed by atoms with Crippen LogP contribution in [-0.4, -0.2) is 0 Å². The van der Waals surface area contributed by atoms with Gasteiger partial charge in [0.2, 0.25) is 0 Å². The molecular formula is C16H16N4. The normalized spacial score (nSPS) is 12.9. The Bertz CT molecular complexity index is 741. The summed E-state index contributed by atoms with van der Waals surface area (Å²) >= 11 is 0. The molecule has 0 saturated carbocycles. The predicted molar refractivity (Wildman–Crippen MR) is 81.1 cm³/mol. The van der Waals surface area contributed by atoms with Gasteiger partial charge in [-0.1, -0.05) is 0 Å². The van der Waals surface area contributed by atoms with Crippen LogP contribution in [-0.2, 0) is 19.3 Å². The summed E-state index contributed by atoms with van der Waals surface area (Å²) in [5.41, 5.74) is 24.8. The average molecular weight is 264 g/mol. The topological polar surface area (TPSA) is 102 Å². The Labute approximate surface area is 117 Å². The van der Waals surface area contributed by atoms with Gasteiger partial charge in [-0.15, -0.1) is 0 Å². The lowest BCUT2D eigenvalue weighted by atomic mass is 9.97. The van der Waals surface area contributed by atoms with Crippen LogP contribution in [0.5, 0.6) is 0 Å². The van der Waals surface area contributed by atoms with Crippen LogP contribution in [0.1, 0.15) is 27.8 Å². The summed E-state index contributed by atoms with van der Waals surface area (Å²) in [6.45, 7) is 0. The molecule has 6 N–H and O–H groups in total. The van der Waals surface area contributed by atoms with Crippen molar-refractivity contribution in [1.29, 1.82) is 5.26 Å². The van der Waals surface area contributed by atoms with Crippen LogP contribution >= 0.6 is 0 Å². The van der Waals surface area contributed by atoms with Gasteiger partial charge in [-0.25, -0.2) is 0 Å². The number of rotatable bonds is 0. The van der Waals surface area contributed by atoms with E-state index in [-0.39, 0.29) is 0 Å². The highest BCUT2D eigenvalue weighted by Crippen LogP contribution is 2.30. The number of benzene rings is 2. The highest BCUT2D eigenvalue weighted by molar-refractivity contribution is 5.67. The molecule has 4 nitrogen and oxygen atoms in total. The number of nitrogens with zero attached hydrogens (tertiary/aromatic N) is 1. The van der Waals surface area contributed by atoms with Gasteiger partial charge >= 0.3 is 0 Å². The lowest BCUT2D eigenvalue weighted by molar-refractivity contribution is 0.966. The van der Waals surface area contributed by atoms with Crippen LogP contribution < -0.4 is 17.2 Å². The first kappa shape index (κ1) is 12.4. The third-order valence-corrected chi connectivity index (χ3v) is 3.94. The Kier molecular flexibility index (Phi) is 2.76. The molecule has 100 valence electrons. The quantitative estimate of drug-likeness (QED) is 0.633. The van der Waals surface area contributed by atoms with Crippen LogP contribution in [0.4, 0.5) is 17.1 Å². The molecule has 0 amide bonds. The molecule has 2 aromatic rings. The molecule has 0 radical (unpaired) electrons. The Morgan fingerprint density at radius 3 is 1.85 bits per heavy atom. The van der Waals surface area contributed by atoms with E-state index in [1.807, 2.05) is 24.3 Å². The summed E-state index contributed by atoms with van der Waals surface area (Å²) in [5, 5.41) is 9.10. The molecule has 20 heavy (non-hydrogen) atoms. The summed E-state index contributed by atoms with van der Waals surface area (Å²) in [7, 11) is 0. The van der Waals surface area contributed by atoms with E-state index in [2.05, 4.69) is 6.07 Å². The van der Waals surface area contributed by atoms with Crippen molar-refractivity contribution in [3.05, 3.63) is 52.1 Å². The zero-order chi connectivity index (χ0) is 14.3. The fraction of sp³-hybridized carbons (Fsp3) is 0.188. The number of nitrogens with two attached hydrogens (primary N) is 3. The van der Waals surface area contributed by atoms with Crippen molar-refractivity contribution in [3.8, 4) is 6.07 Å². The second-order valence-electron chi connectivity index (χ2n) is 5.25. The number of anilines is 3. The van der Waals surface area contributed by atoms with E-state index in [1.54, 1.807) is 0 Å². The van der Waals surface area contributed by atoms with Crippen molar-refractivity contribution in [2.45, 2.75) is 19.3 Å². The Morgan fingerprint density at radius 1 is 0.750 bits per heavy atom. The number of aryl methyl sites for hydroxylation is 2. The van der Waals surface area contributed by atoms with Gasteiger partial charge in [0.15, 0.2) is 0 Å². The summed E-state index contributed by atoms with van der Waals surface area (Å²) < 4.78 is 0. The van der Waals surface area contributed by atoms with E-state index in [9.17, 15) is 0 Å². The minimum absolute atomic E-state index is 0.538. The van der Waals surface area contributed by atoms with Gasteiger partial charge in [0.1, 0.15) is 6.07 Å². The van der Waals surface area contributed by atoms with Crippen molar-refractivity contribution < 1.29 is 0 Å². The largest absolute Gasteiger partial charge is 0.398 e. The molecule has 0 aromatic heterocycles. The van der Waals surface area contributed by atoms with E-state index >= 15 is 0 Å². The van der Waals surface area contributed by atoms with Crippen LogP contribution in [0.2, 0.25) is 0 Å². The van der Waals surface area contributed by atoms with Crippen LogP contribution in [0, 0.1) is 11.3 Å². The van der Waals surface area contributed by atoms with Gasteiger partial charge in [0, 0.05) is 5.69 Å². The van der Waals surface area contributed by atoms with Gasteiger partial charge in [-0.05, 0) is 65.8 Å². The maximum Gasteiger partial charge on any atom is 0.101 e.